The molecule has 3 aromatic rings. The summed E-state index contributed by atoms with van der Waals surface area (Å²) in [4.78, 5) is 9.40. The summed E-state index contributed by atoms with van der Waals surface area (Å²) in [5.41, 5.74) is 2.40. The molecule has 1 fully saturated rings. The SMILES string of the molecule is CN1CCN(c2ccc(NS(=O)(=O)c3ccccc3)c3cccnc23)CC1. The molecule has 0 radical (unpaired) electrons. The molecule has 1 aliphatic rings. The average Bonchev–Trinajstić information content (AvgIpc) is 2.70. The third-order valence-corrected chi connectivity index (χ3v) is 6.27. The summed E-state index contributed by atoms with van der Waals surface area (Å²) < 4.78 is 28.2. The molecule has 4 rings (SSSR count). The third-order valence-electron chi connectivity index (χ3n) is 4.89. The first kappa shape index (κ1) is 17.8. The molecule has 1 saturated heterocycles. The van der Waals surface area contributed by atoms with Gasteiger partial charge >= 0.3 is 0 Å². The fourth-order valence-electron chi connectivity index (χ4n) is 3.35. The molecule has 2 aromatic carbocycles. The zero-order chi connectivity index (χ0) is 18.9. The van der Waals surface area contributed by atoms with E-state index in [2.05, 4.69) is 26.6 Å². The standard InChI is InChI=1S/C20H22N4O2S/c1-23-12-14-24(15-13-23)19-10-9-18(17-8-5-11-21-20(17)19)22-27(25,26)16-6-3-2-4-7-16/h2-11,22H,12-15H2,1H3. The topological polar surface area (TPSA) is 65.5 Å². The molecule has 7 heteroatoms. The highest BCUT2D eigenvalue weighted by Crippen LogP contribution is 2.32. The van der Waals surface area contributed by atoms with Gasteiger partial charge in [0.15, 0.2) is 0 Å². The summed E-state index contributed by atoms with van der Waals surface area (Å²) in [7, 11) is -1.53. The molecular formula is C20H22N4O2S. The van der Waals surface area contributed by atoms with Crippen molar-refractivity contribution in [3.05, 3.63) is 60.8 Å². The van der Waals surface area contributed by atoms with Gasteiger partial charge in [-0.2, -0.15) is 0 Å². The molecule has 1 aromatic heterocycles. The Hall–Kier alpha value is -2.64. The highest BCUT2D eigenvalue weighted by atomic mass is 32.2. The summed E-state index contributed by atoms with van der Waals surface area (Å²) in [6.07, 6.45) is 1.75. The van der Waals surface area contributed by atoms with E-state index in [9.17, 15) is 8.42 Å². The molecule has 0 atom stereocenters. The van der Waals surface area contributed by atoms with Gasteiger partial charge in [-0.1, -0.05) is 18.2 Å². The van der Waals surface area contributed by atoms with Crippen LogP contribution in [0.1, 0.15) is 0 Å². The normalized spacial score (nSPS) is 15.8. The molecule has 6 nitrogen and oxygen atoms in total. The van der Waals surface area contributed by atoms with Crippen LogP contribution in [0.15, 0.2) is 65.7 Å². The van der Waals surface area contributed by atoms with Crippen LogP contribution in [0.3, 0.4) is 0 Å². The lowest BCUT2D eigenvalue weighted by Crippen LogP contribution is -2.44. The van der Waals surface area contributed by atoms with Crippen molar-refractivity contribution < 1.29 is 8.42 Å². The van der Waals surface area contributed by atoms with Gasteiger partial charge in [0.25, 0.3) is 10.0 Å². The lowest BCUT2D eigenvalue weighted by molar-refractivity contribution is 0.313. The van der Waals surface area contributed by atoms with Crippen LogP contribution in [0, 0.1) is 0 Å². The Morgan fingerprint density at radius 3 is 2.41 bits per heavy atom. The zero-order valence-electron chi connectivity index (χ0n) is 15.2. The molecule has 0 aliphatic carbocycles. The fourth-order valence-corrected chi connectivity index (χ4v) is 4.45. The lowest BCUT2D eigenvalue weighted by Gasteiger charge is -2.34. The van der Waals surface area contributed by atoms with Crippen LogP contribution >= 0.6 is 0 Å². The number of nitrogens with zero attached hydrogens (tertiary/aromatic N) is 3. The number of nitrogens with one attached hydrogen (secondary N) is 1. The Kier molecular flexibility index (Phi) is 4.72. The first-order chi connectivity index (χ1) is 13.0. The van der Waals surface area contributed by atoms with E-state index in [1.165, 1.54) is 0 Å². The number of pyridine rings is 1. The van der Waals surface area contributed by atoms with Crippen molar-refractivity contribution in [2.24, 2.45) is 0 Å². The number of hydrogen-bond acceptors (Lipinski definition) is 5. The lowest BCUT2D eigenvalue weighted by atomic mass is 10.1. The number of sulfonamides is 1. The van der Waals surface area contributed by atoms with Crippen LogP contribution in [0.25, 0.3) is 10.9 Å². The molecule has 0 unspecified atom stereocenters. The number of hydrogen-bond donors (Lipinski definition) is 1. The van der Waals surface area contributed by atoms with Crippen LogP contribution in [0.5, 0.6) is 0 Å². The van der Waals surface area contributed by atoms with Crippen LogP contribution < -0.4 is 9.62 Å². The van der Waals surface area contributed by atoms with Crippen LogP contribution in [0.2, 0.25) is 0 Å². The van der Waals surface area contributed by atoms with Gasteiger partial charge < -0.3 is 9.80 Å². The first-order valence-corrected chi connectivity index (χ1v) is 10.4. The first-order valence-electron chi connectivity index (χ1n) is 8.94. The number of aromatic nitrogens is 1. The van der Waals surface area contributed by atoms with Gasteiger partial charge in [0, 0.05) is 37.8 Å². The van der Waals surface area contributed by atoms with E-state index < -0.39 is 10.0 Å². The van der Waals surface area contributed by atoms with E-state index in [1.807, 2.05) is 24.3 Å². The number of fused-ring (bicyclic) bond motifs is 1. The van der Waals surface area contributed by atoms with Gasteiger partial charge in [0.1, 0.15) is 0 Å². The Morgan fingerprint density at radius 1 is 0.926 bits per heavy atom. The molecule has 2 heterocycles. The van der Waals surface area contributed by atoms with Gasteiger partial charge in [-0.3, -0.25) is 9.71 Å². The number of rotatable bonds is 4. The second-order valence-electron chi connectivity index (χ2n) is 6.74. The summed E-state index contributed by atoms with van der Waals surface area (Å²) in [5.74, 6) is 0. The van der Waals surface area contributed by atoms with Crippen molar-refractivity contribution >= 4 is 32.3 Å². The minimum Gasteiger partial charge on any atom is -0.367 e. The predicted molar refractivity (Wildman–Crippen MR) is 109 cm³/mol. The summed E-state index contributed by atoms with van der Waals surface area (Å²) >= 11 is 0. The molecule has 0 bridgehead atoms. The van der Waals surface area contributed by atoms with Gasteiger partial charge in [0.05, 0.1) is 21.8 Å². The van der Waals surface area contributed by atoms with Crippen molar-refractivity contribution in [3.8, 4) is 0 Å². The third kappa shape index (κ3) is 3.61. The van der Waals surface area contributed by atoms with E-state index >= 15 is 0 Å². The predicted octanol–water partition coefficient (Wildman–Crippen LogP) is 2.79. The monoisotopic (exact) mass is 382 g/mol. The van der Waals surface area contributed by atoms with Crippen molar-refractivity contribution in [2.75, 3.05) is 42.8 Å². The molecule has 1 N–H and O–H groups in total. The molecular weight excluding hydrogens is 360 g/mol. The van der Waals surface area contributed by atoms with Crippen LogP contribution in [0.4, 0.5) is 11.4 Å². The van der Waals surface area contributed by atoms with E-state index in [4.69, 9.17) is 0 Å². The maximum absolute atomic E-state index is 12.7. The average molecular weight is 382 g/mol. The van der Waals surface area contributed by atoms with Gasteiger partial charge in [-0.05, 0) is 43.4 Å². The highest BCUT2D eigenvalue weighted by molar-refractivity contribution is 7.92. The smallest absolute Gasteiger partial charge is 0.261 e. The van der Waals surface area contributed by atoms with E-state index in [0.29, 0.717) is 5.69 Å². The number of piperazine rings is 1. The van der Waals surface area contributed by atoms with E-state index in [1.54, 1.807) is 36.5 Å². The van der Waals surface area contributed by atoms with Gasteiger partial charge in [-0.25, -0.2) is 8.42 Å². The van der Waals surface area contributed by atoms with Crippen molar-refractivity contribution in [2.45, 2.75) is 4.90 Å². The van der Waals surface area contributed by atoms with Crippen LogP contribution in [-0.2, 0) is 10.0 Å². The summed E-state index contributed by atoms with van der Waals surface area (Å²) in [6, 6.07) is 15.9. The molecule has 0 amide bonds. The van der Waals surface area contributed by atoms with Gasteiger partial charge in [0.2, 0.25) is 0 Å². The van der Waals surface area contributed by atoms with Crippen molar-refractivity contribution in [3.63, 3.8) is 0 Å². The largest absolute Gasteiger partial charge is 0.367 e. The Morgan fingerprint density at radius 2 is 1.67 bits per heavy atom. The fraction of sp³-hybridized carbons (Fsp3) is 0.250. The molecule has 27 heavy (non-hydrogen) atoms. The van der Waals surface area contributed by atoms with Crippen LogP contribution in [-0.4, -0.2) is 51.5 Å². The van der Waals surface area contributed by atoms with E-state index in [-0.39, 0.29) is 4.90 Å². The zero-order valence-corrected chi connectivity index (χ0v) is 16.0. The second-order valence-corrected chi connectivity index (χ2v) is 8.42. The Labute approximate surface area is 159 Å². The molecule has 140 valence electrons. The number of anilines is 2. The molecule has 0 spiro atoms. The highest BCUT2D eigenvalue weighted by Gasteiger charge is 2.20. The maximum atomic E-state index is 12.7. The van der Waals surface area contributed by atoms with E-state index in [0.717, 1.165) is 42.8 Å². The quantitative estimate of drug-likeness (QED) is 0.752. The number of likely N-dealkylation sites (N-methyl/N-ethyl adjacent to an activating group) is 1. The van der Waals surface area contributed by atoms with Crippen molar-refractivity contribution in [1.29, 1.82) is 0 Å². The van der Waals surface area contributed by atoms with Crippen molar-refractivity contribution in [1.82, 2.24) is 9.88 Å². The second kappa shape index (κ2) is 7.17. The maximum Gasteiger partial charge on any atom is 0.261 e. The number of benzene rings is 2. The molecule has 1 aliphatic heterocycles. The Balaban J connectivity index is 1.72. The Bertz CT molecular complexity index is 1050. The molecule has 0 saturated carbocycles. The minimum absolute atomic E-state index is 0.241. The minimum atomic E-state index is -3.65. The van der Waals surface area contributed by atoms with Gasteiger partial charge in [-0.15, -0.1) is 0 Å². The summed E-state index contributed by atoms with van der Waals surface area (Å²) in [6.45, 7) is 3.85. The summed E-state index contributed by atoms with van der Waals surface area (Å²) in [5, 5.41) is 0.799.